The zero-order chi connectivity index (χ0) is 19.7. The second-order valence-corrected chi connectivity index (χ2v) is 6.77. The zero-order valence-corrected chi connectivity index (χ0v) is 16.0. The summed E-state index contributed by atoms with van der Waals surface area (Å²) >= 11 is 0. The number of ether oxygens (including phenoxy) is 1. The first kappa shape index (κ1) is 21.5. The number of amides is 3. The minimum absolute atomic E-state index is 0.0863. The highest BCUT2D eigenvalue weighted by Crippen LogP contribution is 2.07. The first-order valence-electron chi connectivity index (χ1n) is 8.75. The lowest BCUT2D eigenvalue weighted by molar-refractivity contribution is -0.131. The summed E-state index contributed by atoms with van der Waals surface area (Å²) in [5.74, 6) is -0.949. The molecule has 3 N–H and O–H groups in total. The third kappa shape index (κ3) is 6.74. The van der Waals surface area contributed by atoms with E-state index in [-0.39, 0.29) is 24.3 Å². The Morgan fingerprint density at radius 1 is 0.885 bits per heavy atom. The third-order valence-corrected chi connectivity index (χ3v) is 3.93. The van der Waals surface area contributed by atoms with Crippen molar-refractivity contribution in [2.24, 2.45) is 11.8 Å². The summed E-state index contributed by atoms with van der Waals surface area (Å²) in [4.78, 5) is 36.5. The maximum absolute atomic E-state index is 12.6. The number of carbonyl (C=O) groups is 3. The van der Waals surface area contributed by atoms with Crippen molar-refractivity contribution in [3.05, 3.63) is 35.9 Å². The molecule has 0 heterocycles. The van der Waals surface area contributed by atoms with Crippen LogP contribution in [0.1, 0.15) is 33.3 Å². The number of hydrogen-bond acceptors (Lipinski definition) is 4. The maximum Gasteiger partial charge on any atom is 0.408 e. The van der Waals surface area contributed by atoms with Crippen LogP contribution in [0.4, 0.5) is 4.79 Å². The van der Waals surface area contributed by atoms with Gasteiger partial charge in [-0.15, -0.1) is 0 Å². The topological polar surface area (TPSA) is 96.5 Å². The standard InChI is InChI=1S/C19H29N3O4/c1-12(2)15(17(23)20-5)21-18(24)16(13(3)4)22-19(25)26-11-14-9-7-6-8-10-14/h6-10,12-13,15-16H,11H2,1-5H3,(H,20,23)(H,21,24)(H,22,25)/t15-,16-/m1/s1. The molecule has 0 saturated heterocycles. The number of alkyl carbamates (subject to hydrolysis) is 1. The molecule has 0 aromatic heterocycles. The molecule has 0 bridgehead atoms. The van der Waals surface area contributed by atoms with Crippen molar-refractivity contribution in [1.82, 2.24) is 16.0 Å². The van der Waals surface area contributed by atoms with Gasteiger partial charge in [0.2, 0.25) is 11.8 Å². The van der Waals surface area contributed by atoms with Crippen LogP contribution in [0.3, 0.4) is 0 Å². The maximum atomic E-state index is 12.6. The summed E-state index contributed by atoms with van der Waals surface area (Å²) < 4.78 is 5.17. The number of nitrogens with one attached hydrogen (secondary N) is 3. The summed E-state index contributed by atoms with van der Waals surface area (Å²) in [6, 6.07) is 7.80. The average Bonchev–Trinajstić information content (AvgIpc) is 2.61. The lowest BCUT2D eigenvalue weighted by Gasteiger charge is -2.26. The van der Waals surface area contributed by atoms with E-state index < -0.39 is 24.1 Å². The Kier molecular flexibility index (Phi) is 8.61. The molecule has 1 aromatic rings. The van der Waals surface area contributed by atoms with Crippen LogP contribution in [-0.4, -0.2) is 37.0 Å². The van der Waals surface area contributed by atoms with Crippen LogP contribution < -0.4 is 16.0 Å². The number of carbonyl (C=O) groups excluding carboxylic acids is 3. The van der Waals surface area contributed by atoms with Gasteiger partial charge < -0.3 is 20.7 Å². The van der Waals surface area contributed by atoms with Crippen molar-refractivity contribution in [3.8, 4) is 0 Å². The summed E-state index contributed by atoms with van der Waals surface area (Å²) in [5, 5.41) is 7.82. The van der Waals surface area contributed by atoms with Gasteiger partial charge in [0.1, 0.15) is 18.7 Å². The number of hydrogen-bond donors (Lipinski definition) is 3. The molecule has 3 amide bonds. The smallest absolute Gasteiger partial charge is 0.408 e. The van der Waals surface area contributed by atoms with Crippen LogP contribution in [0.25, 0.3) is 0 Å². The predicted molar refractivity (Wildman–Crippen MR) is 99.2 cm³/mol. The first-order chi connectivity index (χ1) is 12.3. The van der Waals surface area contributed by atoms with Gasteiger partial charge in [-0.05, 0) is 17.4 Å². The van der Waals surface area contributed by atoms with E-state index in [1.807, 2.05) is 58.0 Å². The van der Waals surface area contributed by atoms with Crippen LogP contribution in [0.2, 0.25) is 0 Å². The molecule has 0 aliphatic heterocycles. The average molecular weight is 363 g/mol. The molecule has 1 rings (SSSR count). The van der Waals surface area contributed by atoms with Crippen molar-refractivity contribution in [2.75, 3.05) is 7.05 Å². The SMILES string of the molecule is CNC(=O)[C@H](NC(=O)[C@H](NC(=O)OCc1ccccc1)C(C)C)C(C)C. The minimum atomic E-state index is -0.802. The lowest BCUT2D eigenvalue weighted by atomic mass is 10.00. The van der Waals surface area contributed by atoms with E-state index in [4.69, 9.17) is 4.74 Å². The van der Waals surface area contributed by atoms with E-state index in [1.54, 1.807) is 0 Å². The first-order valence-corrected chi connectivity index (χ1v) is 8.75. The van der Waals surface area contributed by atoms with Crippen molar-refractivity contribution in [2.45, 2.75) is 46.4 Å². The lowest BCUT2D eigenvalue weighted by Crippen LogP contribution is -2.56. The molecule has 0 aliphatic carbocycles. The molecule has 0 aliphatic rings. The van der Waals surface area contributed by atoms with Gasteiger partial charge in [0.15, 0.2) is 0 Å². The van der Waals surface area contributed by atoms with E-state index in [0.717, 1.165) is 5.56 Å². The fourth-order valence-electron chi connectivity index (χ4n) is 2.36. The monoisotopic (exact) mass is 363 g/mol. The van der Waals surface area contributed by atoms with Crippen molar-refractivity contribution >= 4 is 17.9 Å². The molecular formula is C19H29N3O4. The molecular weight excluding hydrogens is 334 g/mol. The largest absolute Gasteiger partial charge is 0.445 e. The highest BCUT2D eigenvalue weighted by Gasteiger charge is 2.30. The zero-order valence-electron chi connectivity index (χ0n) is 16.0. The van der Waals surface area contributed by atoms with Crippen molar-refractivity contribution in [3.63, 3.8) is 0 Å². The van der Waals surface area contributed by atoms with Gasteiger partial charge in [0.25, 0.3) is 0 Å². The number of benzene rings is 1. The van der Waals surface area contributed by atoms with Gasteiger partial charge in [-0.1, -0.05) is 58.0 Å². The number of rotatable bonds is 8. The van der Waals surface area contributed by atoms with Gasteiger partial charge in [0.05, 0.1) is 0 Å². The van der Waals surface area contributed by atoms with Gasteiger partial charge >= 0.3 is 6.09 Å². The molecule has 0 spiro atoms. The molecule has 1 aromatic carbocycles. The second-order valence-electron chi connectivity index (χ2n) is 6.77. The van der Waals surface area contributed by atoms with E-state index in [0.29, 0.717) is 0 Å². The molecule has 0 radical (unpaired) electrons. The van der Waals surface area contributed by atoms with E-state index >= 15 is 0 Å². The molecule has 0 fully saturated rings. The van der Waals surface area contributed by atoms with Crippen LogP contribution in [0.15, 0.2) is 30.3 Å². The third-order valence-electron chi connectivity index (χ3n) is 3.93. The number of likely N-dealkylation sites (N-methyl/N-ethyl adjacent to an activating group) is 1. The summed E-state index contributed by atoms with van der Waals surface area (Å²) in [6.45, 7) is 7.42. The van der Waals surface area contributed by atoms with E-state index in [1.165, 1.54) is 7.05 Å². The van der Waals surface area contributed by atoms with Gasteiger partial charge in [-0.3, -0.25) is 9.59 Å². The Morgan fingerprint density at radius 2 is 1.42 bits per heavy atom. The summed E-state index contributed by atoms with van der Waals surface area (Å²) in [5.41, 5.74) is 0.854. The molecule has 144 valence electrons. The second kappa shape index (κ2) is 10.4. The van der Waals surface area contributed by atoms with Gasteiger partial charge in [0, 0.05) is 7.05 Å². The quantitative estimate of drug-likeness (QED) is 0.656. The highest BCUT2D eigenvalue weighted by molar-refractivity contribution is 5.91. The normalized spacial score (nSPS) is 13.0. The van der Waals surface area contributed by atoms with Crippen molar-refractivity contribution in [1.29, 1.82) is 0 Å². The van der Waals surface area contributed by atoms with Gasteiger partial charge in [-0.2, -0.15) is 0 Å². The van der Waals surface area contributed by atoms with Crippen molar-refractivity contribution < 1.29 is 19.1 Å². The van der Waals surface area contributed by atoms with Gasteiger partial charge in [-0.25, -0.2) is 4.79 Å². The Balaban J connectivity index is 2.67. The minimum Gasteiger partial charge on any atom is -0.445 e. The molecule has 0 unspecified atom stereocenters. The van der Waals surface area contributed by atoms with E-state index in [9.17, 15) is 14.4 Å². The van der Waals surface area contributed by atoms with E-state index in [2.05, 4.69) is 16.0 Å². The fourth-order valence-corrected chi connectivity index (χ4v) is 2.36. The molecule has 0 saturated carbocycles. The Labute approximate surface area is 154 Å². The highest BCUT2D eigenvalue weighted by atomic mass is 16.5. The Hall–Kier alpha value is -2.57. The molecule has 7 nitrogen and oxygen atoms in total. The van der Waals surface area contributed by atoms with Crippen LogP contribution in [-0.2, 0) is 20.9 Å². The van der Waals surface area contributed by atoms with Crippen LogP contribution in [0, 0.1) is 11.8 Å². The predicted octanol–water partition coefficient (Wildman–Crippen LogP) is 1.82. The van der Waals surface area contributed by atoms with Crippen LogP contribution in [0.5, 0.6) is 0 Å². The summed E-state index contributed by atoms with van der Waals surface area (Å²) in [6.07, 6.45) is -0.677. The molecule has 26 heavy (non-hydrogen) atoms. The van der Waals surface area contributed by atoms with Crippen LogP contribution >= 0.6 is 0 Å². The molecule has 2 atom stereocenters. The Morgan fingerprint density at radius 3 is 1.92 bits per heavy atom. The Bertz CT molecular complexity index is 602. The fraction of sp³-hybridized carbons (Fsp3) is 0.526. The summed E-state index contributed by atoms with van der Waals surface area (Å²) in [7, 11) is 1.52. The molecule has 7 heteroatoms.